The fourth-order valence-electron chi connectivity index (χ4n) is 3.01. The lowest BCUT2D eigenvalue weighted by Crippen LogP contribution is -2.43. The zero-order valence-corrected chi connectivity index (χ0v) is 14.8. The number of allylic oxidation sites excluding steroid dienone is 1. The van der Waals surface area contributed by atoms with E-state index >= 15 is 0 Å². The molecule has 0 unspecified atom stereocenters. The summed E-state index contributed by atoms with van der Waals surface area (Å²) < 4.78 is 27.3. The van der Waals surface area contributed by atoms with Gasteiger partial charge in [-0.3, -0.25) is 9.69 Å². The molecule has 0 aromatic heterocycles. The van der Waals surface area contributed by atoms with Crippen molar-refractivity contribution in [3.05, 3.63) is 83.1 Å². The zero-order chi connectivity index (χ0) is 18.5. The molecule has 0 aliphatic carbocycles. The van der Waals surface area contributed by atoms with Gasteiger partial charge < -0.3 is 4.90 Å². The van der Waals surface area contributed by atoms with Gasteiger partial charge in [0.25, 0.3) is 0 Å². The molecule has 2 aromatic carbocycles. The quantitative estimate of drug-likeness (QED) is 0.602. The predicted octanol–water partition coefficient (Wildman–Crippen LogP) is 3.79. The van der Waals surface area contributed by atoms with Gasteiger partial charge in [-0.05, 0) is 24.6 Å². The van der Waals surface area contributed by atoms with Crippen LogP contribution in [0, 0.1) is 18.6 Å². The molecule has 1 saturated heterocycles. The minimum atomic E-state index is -0.831. The smallest absolute Gasteiger partial charge is 0.193 e. The van der Waals surface area contributed by atoms with E-state index in [1.54, 1.807) is 6.20 Å². The lowest BCUT2D eigenvalue weighted by atomic mass is 10.1. The fourth-order valence-corrected chi connectivity index (χ4v) is 3.01. The summed E-state index contributed by atoms with van der Waals surface area (Å²) in [5, 5.41) is 0. The molecule has 0 saturated carbocycles. The summed E-state index contributed by atoms with van der Waals surface area (Å²) >= 11 is 0. The number of hydrogen-bond donors (Lipinski definition) is 0. The Kier molecular flexibility index (Phi) is 5.78. The number of halogens is 2. The summed E-state index contributed by atoms with van der Waals surface area (Å²) in [5.41, 5.74) is 2.03. The van der Waals surface area contributed by atoms with Crippen molar-refractivity contribution in [2.24, 2.45) is 0 Å². The molecule has 0 amide bonds. The summed E-state index contributed by atoms with van der Waals surface area (Å²) in [6.07, 6.45) is 2.88. The maximum absolute atomic E-state index is 13.6. The second-order valence-electron chi connectivity index (χ2n) is 6.57. The molecular weight excluding hydrogens is 334 g/mol. The number of carbonyl (C=O) groups excluding carboxylic acids is 1. The first-order valence-corrected chi connectivity index (χ1v) is 8.71. The summed E-state index contributed by atoms with van der Waals surface area (Å²) in [5.74, 6) is -2.31. The van der Waals surface area contributed by atoms with E-state index in [0.29, 0.717) is 0 Å². The number of carbonyl (C=O) groups is 1. The van der Waals surface area contributed by atoms with Crippen LogP contribution in [0.15, 0.2) is 54.7 Å². The molecule has 26 heavy (non-hydrogen) atoms. The summed E-state index contributed by atoms with van der Waals surface area (Å²) in [7, 11) is 0. The Balaban J connectivity index is 1.53. The van der Waals surface area contributed by atoms with Gasteiger partial charge in [0.15, 0.2) is 5.78 Å². The number of hydrogen-bond acceptors (Lipinski definition) is 3. The van der Waals surface area contributed by atoms with Crippen LogP contribution in [-0.2, 0) is 6.54 Å². The third kappa shape index (κ3) is 4.55. The highest BCUT2D eigenvalue weighted by molar-refractivity contribution is 6.04. The number of piperazine rings is 1. The standard InChI is InChI=1S/C21H22F2N2O/c1-16-5-7-17(8-6-16)15-25-13-11-24(12-14-25)10-9-20(26)21-18(22)3-2-4-19(21)23/h2-10H,11-15H2,1H3. The molecule has 136 valence electrons. The monoisotopic (exact) mass is 356 g/mol. The van der Waals surface area contributed by atoms with Crippen LogP contribution in [0.3, 0.4) is 0 Å². The second kappa shape index (κ2) is 8.23. The van der Waals surface area contributed by atoms with Crippen molar-refractivity contribution >= 4 is 5.78 Å². The van der Waals surface area contributed by atoms with Crippen molar-refractivity contribution in [2.45, 2.75) is 13.5 Å². The number of benzene rings is 2. The third-order valence-corrected chi connectivity index (χ3v) is 4.58. The van der Waals surface area contributed by atoms with Crippen LogP contribution in [0.25, 0.3) is 0 Å². The van der Waals surface area contributed by atoms with E-state index in [9.17, 15) is 13.6 Å². The van der Waals surface area contributed by atoms with E-state index in [1.165, 1.54) is 23.3 Å². The Morgan fingerprint density at radius 2 is 1.62 bits per heavy atom. The van der Waals surface area contributed by atoms with Crippen LogP contribution in [0.2, 0.25) is 0 Å². The van der Waals surface area contributed by atoms with Gasteiger partial charge in [-0.2, -0.15) is 0 Å². The van der Waals surface area contributed by atoms with Crippen LogP contribution >= 0.6 is 0 Å². The third-order valence-electron chi connectivity index (χ3n) is 4.58. The van der Waals surface area contributed by atoms with Crippen LogP contribution in [-0.4, -0.2) is 41.8 Å². The van der Waals surface area contributed by atoms with Crippen LogP contribution in [0.1, 0.15) is 21.5 Å². The second-order valence-corrected chi connectivity index (χ2v) is 6.57. The topological polar surface area (TPSA) is 23.6 Å². The van der Waals surface area contributed by atoms with Gasteiger partial charge in [-0.1, -0.05) is 35.9 Å². The molecule has 3 rings (SSSR count). The van der Waals surface area contributed by atoms with E-state index in [0.717, 1.165) is 44.9 Å². The highest BCUT2D eigenvalue weighted by Gasteiger charge is 2.17. The van der Waals surface area contributed by atoms with Gasteiger partial charge in [-0.25, -0.2) is 8.78 Å². The van der Waals surface area contributed by atoms with Crippen LogP contribution < -0.4 is 0 Å². The first-order valence-electron chi connectivity index (χ1n) is 8.71. The SMILES string of the molecule is Cc1ccc(CN2CCN(C=CC(=O)c3c(F)cccc3F)CC2)cc1. The molecule has 1 heterocycles. The molecule has 0 atom stereocenters. The maximum Gasteiger partial charge on any atom is 0.193 e. The van der Waals surface area contributed by atoms with Gasteiger partial charge in [0.05, 0.1) is 5.56 Å². The van der Waals surface area contributed by atoms with Crippen molar-refractivity contribution in [3.63, 3.8) is 0 Å². The van der Waals surface area contributed by atoms with E-state index in [4.69, 9.17) is 0 Å². The van der Waals surface area contributed by atoms with Gasteiger partial charge in [0, 0.05) is 45.0 Å². The van der Waals surface area contributed by atoms with Gasteiger partial charge in [-0.15, -0.1) is 0 Å². The number of ketones is 1. The van der Waals surface area contributed by atoms with Crippen LogP contribution in [0.5, 0.6) is 0 Å². The van der Waals surface area contributed by atoms with Crippen molar-refractivity contribution in [3.8, 4) is 0 Å². The van der Waals surface area contributed by atoms with E-state index in [-0.39, 0.29) is 0 Å². The van der Waals surface area contributed by atoms with Gasteiger partial charge in [0.1, 0.15) is 11.6 Å². The average molecular weight is 356 g/mol. The molecule has 0 radical (unpaired) electrons. The van der Waals surface area contributed by atoms with Crippen molar-refractivity contribution in [1.29, 1.82) is 0 Å². The number of rotatable bonds is 5. The largest absolute Gasteiger partial charge is 0.375 e. The number of nitrogens with zero attached hydrogens (tertiary/aromatic N) is 2. The molecule has 0 bridgehead atoms. The summed E-state index contributed by atoms with van der Waals surface area (Å²) in [6, 6.07) is 11.9. The minimum Gasteiger partial charge on any atom is -0.375 e. The number of aryl methyl sites for hydroxylation is 1. The highest BCUT2D eigenvalue weighted by Crippen LogP contribution is 2.14. The Morgan fingerprint density at radius 3 is 2.23 bits per heavy atom. The maximum atomic E-state index is 13.6. The molecule has 0 N–H and O–H groups in total. The Hall–Kier alpha value is -2.53. The molecule has 1 fully saturated rings. The summed E-state index contributed by atoms with van der Waals surface area (Å²) in [6.45, 7) is 6.27. The molecular formula is C21H22F2N2O. The Morgan fingerprint density at radius 1 is 1.00 bits per heavy atom. The molecule has 5 heteroatoms. The minimum absolute atomic E-state index is 0.498. The van der Waals surface area contributed by atoms with Crippen molar-refractivity contribution < 1.29 is 13.6 Å². The average Bonchev–Trinajstić information content (AvgIpc) is 2.63. The lowest BCUT2D eigenvalue weighted by Gasteiger charge is -2.34. The first kappa shape index (κ1) is 18.3. The Bertz CT molecular complexity index is 774. The van der Waals surface area contributed by atoms with E-state index in [1.807, 2.05) is 4.90 Å². The first-order chi connectivity index (χ1) is 12.5. The Labute approximate surface area is 152 Å². The van der Waals surface area contributed by atoms with Gasteiger partial charge >= 0.3 is 0 Å². The van der Waals surface area contributed by atoms with E-state index in [2.05, 4.69) is 36.1 Å². The molecule has 1 aliphatic heterocycles. The normalized spacial score (nSPS) is 15.6. The highest BCUT2D eigenvalue weighted by atomic mass is 19.1. The van der Waals surface area contributed by atoms with Crippen molar-refractivity contribution in [1.82, 2.24) is 9.80 Å². The molecule has 0 spiro atoms. The summed E-state index contributed by atoms with van der Waals surface area (Å²) in [4.78, 5) is 16.4. The zero-order valence-electron chi connectivity index (χ0n) is 14.8. The van der Waals surface area contributed by atoms with Crippen LogP contribution in [0.4, 0.5) is 8.78 Å². The molecule has 2 aromatic rings. The van der Waals surface area contributed by atoms with Gasteiger partial charge in [0.2, 0.25) is 0 Å². The molecule has 1 aliphatic rings. The van der Waals surface area contributed by atoms with Crippen molar-refractivity contribution in [2.75, 3.05) is 26.2 Å². The fraction of sp³-hybridized carbons (Fsp3) is 0.286. The lowest BCUT2D eigenvalue weighted by molar-refractivity contribution is 0.103. The van der Waals surface area contributed by atoms with E-state index < -0.39 is 23.0 Å². The molecule has 3 nitrogen and oxygen atoms in total. The predicted molar refractivity (Wildman–Crippen MR) is 97.9 cm³/mol.